The molecule has 4 atom stereocenters. The highest BCUT2D eigenvalue weighted by Crippen LogP contribution is 2.30. The van der Waals surface area contributed by atoms with Crippen molar-refractivity contribution < 1.29 is 9.53 Å². The lowest BCUT2D eigenvalue weighted by Crippen LogP contribution is -2.52. The Bertz CT molecular complexity index is 349. The second-order valence-electron chi connectivity index (χ2n) is 8.27. The molecule has 0 spiro atoms. The summed E-state index contributed by atoms with van der Waals surface area (Å²) in [4.78, 5) is 11.8. The van der Waals surface area contributed by atoms with Crippen LogP contribution in [0.2, 0.25) is 0 Å². The largest absolute Gasteiger partial charge is 0.444 e. The smallest absolute Gasteiger partial charge is 0.407 e. The van der Waals surface area contributed by atoms with E-state index in [1.54, 1.807) is 0 Å². The van der Waals surface area contributed by atoms with E-state index < -0.39 is 5.60 Å². The maximum absolute atomic E-state index is 11.8. The number of carbonyl (C=O) groups is 1. The first-order chi connectivity index (χ1) is 10.1. The molecule has 1 aliphatic carbocycles. The first-order valence-corrected chi connectivity index (χ1v) is 8.83. The summed E-state index contributed by atoms with van der Waals surface area (Å²) >= 11 is 0. The molecule has 0 saturated heterocycles. The Balaban J connectivity index is 2.50. The third kappa shape index (κ3) is 6.55. The molecule has 0 radical (unpaired) electrons. The van der Waals surface area contributed by atoms with Gasteiger partial charge in [0.1, 0.15) is 5.60 Å². The van der Waals surface area contributed by atoms with Crippen molar-refractivity contribution in [2.45, 2.75) is 85.4 Å². The van der Waals surface area contributed by atoms with Crippen LogP contribution >= 0.6 is 0 Å². The van der Waals surface area contributed by atoms with Crippen LogP contribution in [0.3, 0.4) is 0 Å². The fourth-order valence-corrected chi connectivity index (χ4v) is 3.09. The van der Waals surface area contributed by atoms with Crippen molar-refractivity contribution in [1.29, 1.82) is 0 Å². The van der Waals surface area contributed by atoms with Gasteiger partial charge in [0.15, 0.2) is 0 Å². The minimum absolute atomic E-state index is 0.283. The lowest BCUT2D eigenvalue weighted by Gasteiger charge is -2.38. The van der Waals surface area contributed by atoms with Gasteiger partial charge in [-0.05, 0) is 44.9 Å². The second kappa shape index (κ2) is 8.19. The van der Waals surface area contributed by atoms with E-state index in [0.29, 0.717) is 24.4 Å². The molecule has 0 aromatic carbocycles. The second-order valence-corrected chi connectivity index (χ2v) is 8.27. The van der Waals surface area contributed by atoms with Crippen LogP contribution in [0.15, 0.2) is 0 Å². The van der Waals surface area contributed by atoms with Crippen molar-refractivity contribution in [2.75, 3.05) is 6.54 Å². The van der Waals surface area contributed by atoms with Gasteiger partial charge in [-0.3, -0.25) is 0 Å². The molecule has 0 heterocycles. The van der Waals surface area contributed by atoms with Crippen LogP contribution < -0.4 is 10.6 Å². The fraction of sp³-hybridized carbons (Fsp3) is 0.944. The average molecular weight is 312 g/mol. The van der Waals surface area contributed by atoms with E-state index in [4.69, 9.17) is 4.74 Å². The highest BCUT2D eigenvalue weighted by atomic mass is 16.6. The number of hydrogen-bond donors (Lipinski definition) is 2. The van der Waals surface area contributed by atoms with Crippen LogP contribution in [-0.4, -0.2) is 30.3 Å². The van der Waals surface area contributed by atoms with Crippen LogP contribution in [0.5, 0.6) is 0 Å². The van der Waals surface area contributed by atoms with Gasteiger partial charge in [-0.2, -0.15) is 0 Å². The molecule has 0 aromatic rings. The number of alkyl carbamates (subject to hydrolysis) is 1. The van der Waals surface area contributed by atoms with E-state index in [1.165, 1.54) is 19.3 Å². The molecule has 22 heavy (non-hydrogen) atoms. The van der Waals surface area contributed by atoms with Gasteiger partial charge in [0, 0.05) is 18.6 Å². The summed E-state index contributed by atoms with van der Waals surface area (Å²) in [7, 11) is 0. The number of ether oxygens (including phenoxy) is 1. The van der Waals surface area contributed by atoms with E-state index >= 15 is 0 Å². The van der Waals surface area contributed by atoms with Crippen LogP contribution in [-0.2, 0) is 4.74 Å². The molecule has 1 rings (SSSR count). The van der Waals surface area contributed by atoms with Crippen LogP contribution in [0.4, 0.5) is 4.79 Å². The van der Waals surface area contributed by atoms with Gasteiger partial charge >= 0.3 is 6.09 Å². The monoisotopic (exact) mass is 312 g/mol. The quantitative estimate of drug-likeness (QED) is 0.808. The summed E-state index contributed by atoms with van der Waals surface area (Å²) in [5.74, 6) is 1.94. The normalized spacial score (nSPS) is 27.5. The minimum atomic E-state index is -0.446. The Hall–Kier alpha value is -0.770. The summed E-state index contributed by atoms with van der Waals surface area (Å²) in [6.07, 6.45) is 3.54. The molecule has 130 valence electrons. The van der Waals surface area contributed by atoms with Crippen molar-refractivity contribution in [1.82, 2.24) is 10.6 Å². The maximum Gasteiger partial charge on any atom is 0.407 e. The molecular formula is C18H36N2O2. The standard InChI is InChI=1S/C18H36N2O2/c1-12(2)16(11-19-17(21)22-18(5,6)7)20-15-10-8-9-13(3)14(15)4/h12-16,20H,8-11H2,1-7H3,(H,19,21). The molecular weight excluding hydrogens is 276 g/mol. The first kappa shape index (κ1) is 19.3. The van der Waals surface area contributed by atoms with Crippen LogP contribution in [0, 0.1) is 17.8 Å². The highest BCUT2D eigenvalue weighted by Gasteiger charge is 2.29. The molecule has 1 aliphatic rings. The third-order valence-electron chi connectivity index (χ3n) is 4.80. The van der Waals surface area contributed by atoms with Crippen LogP contribution in [0.1, 0.15) is 67.7 Å². The van der Waals surface area contributed by atoms with Crippen molar-refractivity contribution >= 4 is 6.09 Å². The zero-order valence-electron chi connectivity index (χ0n) is 15.5. The topological polar surface area (TPSA) is 50.4 Å². The molecule has 1 saturated carbocycles. The predicted octanol–water partition coefficient (Wildman–Crippen LogP) is 3.95. The Morgan fingerprint density at radius 1 is 1.23 bits per heavy atom. The van der Waals surface area contributed by atoms with Gasteiger partial charge in [0.25, 0.3) is 0 Å². The zero-order valence-corrected chi connectivity index (χ0v) is 15.5. The molecule has 0 aromatic heterocycles. The Kier molecular flexibility index (Phi) is 7.17. The lowest BCUT2D eigenvalue weighted by molar-refractivity contribution is 0.0515. The van der Waals surface area contributed by atoms with Crippen molar-refractivity contribution in [3.63, 3.8) is 0 Å². The fourth-order valence-electron chi connectivity index (χ4n) is 3.09. The van der Waals surface area contributed by atoms with Gasteiger partial charge in [0.2, 0.25) is 0 Å². The van der Waals surface area contributed by atoms with E-state index in [2.05, 4.69) is 38.3 Å². The van der Waals surface area contributed by atoms with Gasteiger partial charge in [0.05, 0.1) is 0 Å². The summed E-state index contributed by atoms with van der Waals surface area (Å²) in [6, 6.07) is 0.835. The number of nitrogens with one attached hydrogen (secondary N) is 2. The Morgan fingerprint density at radius 3 is 2.41 bits per heavy atom. The molecule has 0 bridgehead atoms. The summed E-state index contributed by atoms with van der Waals surface area (Å²) < 4.78 is 5.32. The van der Waals surface area contributed by atoms with E-state index in [1.807, 2.05) is 20.8 Å². The predicted molar refractivity (Wildman–Crippen MR) is 92.0 cm³/mol. The first-order valence-electron chi connectivity index (χ1n) is 8.83. The van der Waals surface area contributed by atoms with Crippen molar-refractivity contribution in [2.24, 2.45) is 17.8 Å². The summed E-state index contributed by atoms with van der Waals surface area (Å²) in [6.45, 7) is 15.4. The lowest BCUT2D eigenvalue weighted by atomic mass is 9.77. The molecule has 2 N–H and O–H groups in total. The Morgan fingerprint density at radius 2 is 1.86 bits per heavy atom. The molecule has 0 aliphatic heterocycles. The molecule has 4 unspecified atom stereocenters. The van der Waals surface area contributed by atoms with E-state index in [-0.39, 0.29) is 12.1 Å². The average Bonchev–Trinajstić information content (AvgIpc) is 2.36. The maximum atomic E-state index is 11.8. The van der Waals surface area contributed by atoms with Crippen molar-refractivity contribution in [3.05, 3.63) is 0 Å². The Labute approximate surface area is 136 Å². The zero-order chi connectivity index (χ0) is 16.9. The van der Waals surface area contributed by atoms with Gasteiger partial charge in [-0.15, -0.1) is 0 Å². The van der Waals surface area contributed by atoms with Gasteiger partial charge in [-0.25, -0.2) is 4.79 Å². The summed E-state index contributed by atoms with van der Waals surface area (Å²) in [5, 5.41) is 6.70. The van der Waals surface area contributed by atoms with E-state index in [9.17, 15) is 4.79 Å². The van der Waals surface area contributed by atoms with Crippen LogP contribution in [0.25, 0.3) is 0 Å². The molecule has 4 nitrogen and oxygen atoms in total. The number of amides is 1. The summed E-state index contributed by atoms with van der Waals surface area (Å²) in [5.41, 5.74) is -0.446. The minimum Gasteiger partial charge on any atom is -0.444 e. The number of hydrogen-bond acceptors (Lipinski definition) is 3. The van der Waals surface area contributed by atoms with Crippen molar-refractivity contribution in [3.8, 4) is 0 Å². The van der Waals surface area contributed by atoms with Gasteiger partial charge < -0.3 is 15.4 Å². The molecule has 4 heteroatoms. The highest BCUT2D eigenvalue weighted by molar-refractivity contribution is 5.67. The third-order valence-corrected chi connectivity index (χ3v) is 4.80. The van der Waals surface area contributed by atoms with E-state index in [0.717, 1.165) is 5.92 Å². The molecule has 1 amide bonds. The van der Waals surface area contributed by atoms with Gasteiger partial charge in [-0.1, -0.05) is 40.5 Å². The SMILES string of the molecule is CC(C)C(CNC(=O)OC(C)(C)C)NC1CCCC(C)C1C. The number of rotatable bonds is 5. The number of carbonyl (C=O) groups excluding carboxylic acids is 1. The molecule has 1 fully saturated rings.